The molecule has 0 spiro atoms. The number of hydrogen-bond acceptors (Lipinski definition) is 3. The van der Waals surface area contributed by atoms with Crippen molar-refractivity contribution >= 4 is 56.8 Å². The molecule has 3 heterocycles. The number of benzene rings is 3. The lowest BCUT2D eigenvalue weighted by atomic mass is 9.78. The van der Waals surface area contributed by atoms with Crippen LogP contribution in [0.5, 0.6) is 0 Å². The van der Waals surface area contributed by atoms with Gasteiger partial charge in [-0.3, -0.25) is 4.40 Å². The predicted molar refractivity (Wildman–Crippen MR) is 157 cm³/mol. The maximum Gasteiger partial charge on any atom is 0.494 e. The van der Waals surface area contributed by atoms with Crippen LogP contribution >= 0.6 is 0 Å². The standard InChI is InChI=1S/C30H27BN2O2.C2H6/c1-29(2)30(3,4)35-31(34-29)20-15-17-25-23(18-20)22-16-14-19-10-8-9-11-21(19)27(22)28-32-24-12-6-5-7-13-26(24)33(25)28;1-2/h5-12,14-18H,13H2,1-4H3;1-2H3. The van der Waals surface area contributed by atoms with Crippen molar-refractivity contribution in [2.45, 2.75) is 59.2 Å². The van der Waals surface area contributed by atoms with Crippen LogP contribution in [0.1, 0.15) is 52.9 Å². The highest BCUT2D eigenvalue weighted by molar-refractivity contribution is 6.62. The van der Waals surface area contributed by atoms with Gasteiger partial charge in [-0.2, -0.15) is 0 Å². The van der Waals surface area contributed by atoms with E-state index in [9.17, 15) is 0 Å². The van der Waals surface area contributed by atoms with E-state index in [0.29, 0.717) is 0 Å². The summed E-state index contributed by atoms with van der Waals surface area (Å²) in [5.74, 6) is 0. The van der Waals surface area contributed by atoms with E-state index in [2.05, 4.69) is 111 Å². The molecule has 1 saturated heterocycles. The van der Waals surface area contributed by atoms with Gasteiger partial charge >= 0.3 is 7.12 Å². The lowest BCUT2D eigenvalue weighted by Crippen LogP contribution is -2.41. The molecular formula is C32H33BN2O2. The Labute approximate surface area is 218 Å². The topological polar surface area (TPSA) is 35.8 Å². The molecule has 4 nitrogen and oxygen atoms in total. The first-order valence-corrected chi connectivity index (χ1v) is 13.3. The second-order valence-electron chi connectivity index (χ2n) is 10.7. The number of allylic oxidation sites excluding steroid dienone is 3. The Bertz CT molecular complexity index is 1730. The Hall–Kier alpha value is -3.41. The summed E-state index contributed by atoms with van der Waals surface area (Å²) in [6, 6.07) is 19.6. The van der Waals surface area contributed by atoms with Gasteiger partial charge in [0.05, 0.1) is 28.1 Å². The largest absolute Gasteiger partial charge is 0.494 e. The summed E-state index contributed by atoms with van der Waals surface area (Å²) in [5.41, 5.74) is 4.69. The molecule has 0 bridgehead atoms. The lowest BCUT2D eigenvalue weighted by Gasteiger charge is -2.32. The number of fused-ring (bicyclic) bond motifs is 10. The van der Waals surface area contributed by atoms with Gasteiger partial charge in [0.1, 0.15) is 5.65 Å². The van der Waals surface area contributed by atoms with E-state index in [-0.39, 0.29) is 11.2 Å². The van der Waals surface area contributed by atoms with Crippen LogP contribution in [0.4, 0.5) is 0 Å². The van der Waals surface area contributed by atoms with Crippen molar-refractivity contribution in [2.24, 2.45) is 0 Å². The molecule has 3 aromatic carbocycles. The van der Waals surface area contributed by atoms with Crippen molar-refractivity contribution in [1.29, 1.82) is 0 Å². The van der Waals surface area contributed by atoms with Crippen LogP contribution in [0.3, 0.4) is 0 Å². The Kier molecular flexibility index (Phi) is 5.55. The number of hydrogen-bond donors (Lipinski definition) is 0. The molecule has 1 aliphatic carbocycles. The van der Waals surface area contributed by atoms with E-state index in [4.69, 9.17) is 14.3 Å². The zero-order valence-corrected chi connectivity index (χ0v) is 22.5. The fourth-order valence-corrected chi connectivity index (χ4v) is 5.46. The summed E-state index contributed by atoms with van der Waals surface area (Å²) in [5, 5.41) is 6.01. The molecule has 0 radical (unpaired) electrons. The first-order valence-electron chi connectivity index (χ1n) is 13.3. The third-order valence-electron chi connectivity index (χ3n) is 8.05. The molecular weight excluding hydrogens is 455 g/mol. The zero-order valence-electron chi connectivity index (χ0n) is 22.5. The van der Waals surface area contributed by atoms with Crippen LogP contribution < -0.4 is 5.46 Å². The SMILES string of the molecule is CC.CC1(C)OB(c2ccc3c(c2)c2ccc4ccccc4c2c2nc4c(n32)CC=CC=C4)OC1(C)C. The first-order chi connectivity index (χ1) is 17.8. The smallest absolute Gasteiger partial charge is 0.399 e. The van der Waals surface area contributed by atoms with Gasteiger partial charge in [0.15, 0.2) is 0 Å². The molecule has 1 fully saturated rings. The van der Waals surface area contributed by atoms with E-state index >= 15 is 0 Å². The molecule has 0 unspecified atom stereocenters. The maximum atomic E-state index is 6.40. The molecule has 186 valence electrons. The molecule has 37 heavy (non-hydrogen) atoms. The third-order valence-corrected chi connectivity index (χ3v) is 8.05. The van der Waals surface area contributed by atoms with Crippen LogP contribution in [0.25, 0.3) is 44.2 Å². The average Bonchev–Trinajstić information content (AvgIpc) is 3.25. The fourth-order valence-electron chi connectivity index (χ4n) is 5.46. The Morgan fingerprint density at radius 2 is 1.59 bits per heavy atom. The first kappa shape index (κ1) is 24.0. The number of rotatable bonds is 1. The van der Waals surface area contributed by atoms with E-state index in [1.807, 2.05) is 13.8 Å². The summed E-state index contributed by atoms with van der Waals surface area (Å²) in [6.45, 7) is 12.4. The van der Waals surface area contributed by atoms with Crippen molar-refractivity contribution in [3.05, 3.63) is 84.2 Å². The van der Waals surface area contributed by atoms with Crippen molar-refractivity contribution in [1.82, 2.24) is 9.38 Å². The molecule has 0 atom stereocenters. The lowest BCUT2D eigenvalue weighted by molar-refractivity contribution is 0.00578. The number of pyridine rings is 1. The van der Waals surface area contributed by atoms with Crippen LogP contribution in [0, 0.1) is 0 Å². The summed E-state index contributed by atoms with van der Waals surface area (Å²) < 4.78 is 15.2. The Morgan fingerprint density at radius 3 is 2.38 bits per heavy atom. The van der Waals surface area contributed by atoms with Gasteiger partial charge in [-0.05, 0) is 61.5 Å². The Morgan fingerprint density at radius 1 is 0.838 bits per heavy atom. The van der Waals surface area contributed by atoms with Gasteiger partial charge in [0.2, 0.25) is 0 Å². The van der Waals surface area contributed by atoms with Gasteiger partial charge in [0, 0.05) is 17.2 Å². The summed E-state index contributed by atoms with van der Waals surface area (Å²) in [4.78, 5) is 5.17. The summed E-state index contributed by atoms with van der Waals surface area (Å²) >= 11 is 0. The predicted octanol–water partition coefficient (Wildman–Crippen LogP) is 7.24. The molecule has 0 amide bonds. The fraction of sp³-hybridized carbons (Fsp3) is 0.281. The van der Waals surface area contributed by atoms with E-state index in [1.165, 1.54) is 32.6 Å². The van der Waals surface area contributed by atoms with Crippen LogP contribution in [-0.2, 0) is 15.7 Å². The van der Waals surface area contributed by atoms with Crippen molar-refractivity contribution in [2.75, 3.05) is 0 Å². The average molecular weight is 488 g/mol. The van der Waals surface area contributed by atoms with E-state index in [0.717, 1.165) is 28.7 Å². The van der Waals surface area contributed by atoms with E-state index in [1.54, 1.807) is 0 Å². The summed E-state index contributed by atoms with van der Waals surface area (Å²) in [7, 11) is -0.402. The highest BCUT2D eigenvalue weighted by Gasteiger charge is 2.51. The normalized spacial score (nSPS) is 17.8. The van der Waals surface area contributed by atoms with Gasteiger partial charge in [0.25, 0.3) is 0 Å². The summed E-state index contributed by atoms with van der Waals surface area (Å²) in [6.07, 6.45) is 9.34. The van der Waals surface area contributed by atoms with Crippen molar-refractivity contribution in [3.8, 4) is 0 Å². The molecule has 1 aliphatic heterocycles. The highest BCUT2D eigenvalue weighted by atomic mass is 16.7. The van der Waals surface area contributed by atoms with Gasteiger partial charge < -0.3 is 9.31 Å². The highest BCUT2D eigenvalue weighted by Crippen LogP contribution is 2.39. The number of aromatic nitrogens is 2. The quantitative estimate of drug-likeness (QED) is 0.184. The van der Waals surface area contributed by atoms with Crippen LogP contribution in [0.15, 0.2) is 72.8 Å². The Balaban J connectivity index is 0.00000123. The molecule has 2 aromatic heterocycles. The molecule has 2 aliphatic rings. The molecule has 7 rings (SSSR count). The van der Waals surface area contributed by atoms with Crippen LogP contribution in [0.2, 0.25) is 0 Å². The molecule has 5 heteroatoms. The van der Waals surface area contributed by atoms with Gasteiger partial charge in [-0.1, -0.05) is 80.6 Å². The van der Waals surface area contributed by atoms with E-state index < -0.39 is 7.12 Å². The number of nitrogens with zero attached hydrogens (tertiary/aromatic N) is 2. The zero-order chi connectivity index (χ0) is 25.9. The molecule has 0 saturated carbocycles. The maximum absolute atomic E-state index is 6.40. The minimum Gasteiger partial charge on any atom is -0.399 e. The van der Waals surface area contributed by atoms with Gasteiger partial charge in [-0.15, -0.1) is 0 Å². The second-order valence-corrected chi connectivity index (χ2v) is 10.7. The molecule has 5 aromatic rings. The molecule has 0 N–H and O–H groups in total. The van der Waals surface area contributed by atoms with Crippen molar-refractivity contribution in [3.63, 3.8) is 0 Å². The minimum absolute atomic E-state index is 0.380. The number of imidazole rings is 1. The van der Waals surface area contributed by atoms with Gasteiger partial charge in [-0.25, -0.2) is 4.98 Å². The van der Waals surface area contributed by atoms with Crippen molar-refractivity contribution < 1.29 is 9.31 Å². The van der Waals surface area contributed by atoms with Crippen LogP contribution in [-0.4, -0.2) is 27.7 Å². The second kappa shape index (κ2) is 8.58. The minimum atomic E-state index is -0.402. The third kappa shape index (κ3) is 3.56. The monoisotopic (exact) mass is 488 g/mol.